The molecule has 0 spiro atoms. The van der Waals surface area contributed by atoms with Gasteiger partial charge in [-0.1, -0.05) is 28.9 Å². The molecule has 0 aliphatic carbocycles. The molecule has 2 heterocycles. The Bertz CT molecular complexity index is 859. The van der Waals surface area contributed by atoms with Crippen molar-refractivity contribution in [1.82, 2.24) is 19.9 Å². The second kappa shape index (κ2) is 6.75. The summed E-state index contributed by atoms with van der Waals surface area (Å²) in [5, 5.41) is 10.8. The second-order valence-electron chi connectivity index (χ2n) is 5.52. The molecule has 0 aliphatic heterocycles. The van der Waals surface area contributed by atoms with Crippen LogP contribution < -0.4 is 0 Å². The normalized spacial score (nSPS) is 12.2. The fraction of sp³-hybridized carbons (Fsp3) is 0.235. The Kier molecular flexibility index (Phi) is 4.69. The monoisotopic (exact) mass is 360 g/mol. The SMILES string of the molecule is Cc1c(C(=O)N(C)C(C)c2cccs2)nnn1-c1cccc(Cl)c1. The zero-order valence-corrected chi connectivity index (χ0v) is 15.2. The standard InChI is InChI=1S/C17H17ClN4OS/c1-11(15-8-5-9-24-15)21(3)17(23)16-12(2)22(20-19-16)14-7-4-6-13(18)10-14/h4-11H,1-3H3. The summed E-state index contributed by atoms with van der Waals surface area (Å²) in [5.41, 5.74) is 1.81. The summed E-state index contributed by atoms with van der Waals surface area (Å²) in [6, 6.07) is 11.3. The summed E-state index contributed by atoms with van der Waals surface area (Å²) >= 11 is 7.66. The van der Waals surface area contributed by atoms with E-state index in [1.807, 2.05) is 43.5 Å². The summed E-state index contributed by atoms with van der Waals surface area (Å²) < 4.78 is 1.63. The van der Waals surface area contributed by atoms with Crippen LogP contribution in [0.1, 0.15) is 34.0 Å². The number of halogens is 1. The van der Waals surface area contributed by atoms with Crippen LogP contribution in [0.2, 0.25) is 5.02 Å². The highest BCUT2D eigenvalue weighted by Gasteiger charge is 2.25. The van der Waals surface area contributed by atoms with Gasteiger partial charge in [-0.25, -0.2) is 4.68 Å². The van der Waals surface area contributed by atoms with Crippen LogP contribution in [0.3, 0.4) is 0 Å². The molecule has 0 saturated heterocycles. The topological polar surface area (TPSA) is 51.0 Å². The smallest absolute Gasteiger partial charge is 0.276 e. The van der Waals surface area contributed by atoms with E-state index in [1.165, 1.54) is 0 Å². The van der Waals surface area contributed by atoms with E-state index in [0.29, 0.717) is 16.4 Å². The molecule has 1 aromatic carbocycles. The quantitative estimate of drug-likeness (QED) is 0.703. The third-order valence-electron chi connectivity index (χ3n) is 4.01. The Morgan fingerprint density at radius 3 is 2.79 bits per heavy atom. The molecule has 0 bridgehead atoms. The van der Waals surface area contributed by atoms with Crippen LogP contribution in [0, 0.1) is 6.92 Å². The van der Waals surface area contributed by atoms with Gasteiger partial charge in [0, 0.05) is 16.9 Å². The maximum atomic E-state index is 12.8. The third-order valence-corrected chi connectivity index (χ3v) is 5.28. The van der Waals surface area contributed by atoms with Crippen molar-refractivity contribution in [3.05, 3.63) is 63.1 Å². The molecule has 2 aromatic heterocycles. The molecular formula is C17H17ClN4OS. The summed E-state index contributed by atoms with van der Waals surface area (Å²) in [6.07, 6.45) is 0. The highest BCUT2D eigenvalue weighted by atomic mass is 35.5. The Morgan fingerprint density at radius 2 is 2.12 bits per heavy atom. The lowest BCUT2D eigenvalue weighted by molar-refractivity contribution is 0.0738. The molecule has 7 heteroatoms. The summed E-state index contributed by atoms with van der Waals surface area (Å²) in [5.74, 6) is -0.151. The van der Waals surface area contributed by atoms with Gasteiger partial charge in [0.2, 0.25) is 0 Å². The highest BCUT2D eigenvalue weighted by Crippen LogP contribution is 2.25. The summed E-state index contributed by atoms with van der Waals surface area (Å²) in [6.45, 7) is 3.83. The van der Waals surface area contributed by atoms with E-state index in [1.54, 1.807) is 40.1 Å². The Morgan fingerprint density at radius 1 is 1.33 bits per heavy atom. The lowest BCUT2D eigenvalue weighted by Gasteiger charge is -2.23. The Labute approximate surface area is 149 Å². The van der Waals surface area contributed by atoms with E-state index in [9.17, 15) is 4.79 Å². The molecule has 3 rings (SSSR count). The van der Waals surface area contributed by atoms with Gasteiger partial charge in [0.1, 0.15) is 0 Å². The lowest BCUT2D eigenvalue weighted by atomic mass is 10.2. The molecule has 5 nitrogen and oxygen atoms in total. The second-order valence-corrected chi connectivity index (χ2v) is 6.94. The van der Waals surface area contributed by atoms with Gasteiger partial charge < -0.3 is 4.90 Å². The van der Waals surface area contributed by atoms with E-state index in [-0.39, 0.29) is 11.9 Å². The first-order valence-electron chi connectivity index (χ1n) is 7.48. The number of amides is 1. The van der Waals surface area contributed by atoms with Gasteiger partial charge >= 0.3 is 0 Å². The Hall–Kier alpha value is -2.18. The van der Waals surface area contributed by atoms with Gasteiger partial charge in [0.05, 0.1) is 17.4 Å². The highest BCUT2D eigenvalue weighted by molar-refractivity contribution is 7.10. The molecule has 0 aliphatic rings. The summed E-state index contributed by atoms with van der Waals surface area (Å²) in [7, 11) is 1.78. The molecule has 124 valence electrons. The maximum Gasteiger partial charge on any atom is 0.276 e. The number of carbonyl (C=O) groups excluding carboxylic acids is 1. The number of nitrogens with zero attached hydrogens (tertiary/aromatic N) is 4. The predicted molar refractivity (Wildman–Crippen MR) is 95.9 cm³/mol. The molecule has 1 amide bonds. The first kappa shape index (κ1) is 16.7. The zero-order chi connectivity index (χ0) is 17.3. The molecule has 0 fully saturated rings. The fourth-order valence-corrected chi connectivity index (χ4v) is 3.45. The number of thiophene rings is 1. The number of carbonyl (C=O) groups is 1. The Balaban J connectivity index is 1.89. The fourth-order valence-electron chi connectivity index (χ4n) is 2.44. The first-order valence-corrected chi connectivity index (χ1v) is 8.73. The molecule has 1 unspecified atom stereocenters. The van der Waals surface area contributed by atoms with Crippen LogP contribution in [-0.2, 0) is 0 Å². The number of benzene rings is 1. The van der Waals surface area contributed by atoms with Crippen LogP contribution in [0.15, 0.2) is 41.8 Å². The minimum absolute atomic E-state index is 0.0202. The third kappa shape index (κ3) is 3.07. The first-order chi connectivity index (χ1) is 11.5. The molecule has 1 atom stereocenters. The average molecular weight is 361 g/mol. The van der Waals surface area contributed by atoms with E-state index in [2.05, 4.69) is 10.3 Å². The van der Waals surface area contributed by atoms with Gasteiger partial charge in [0.25, 0.3) is 5.91 Å². The maximum absolute atomic E-state index is 12.8. The minimum atomic E-state index is -0.151. The number of rotatable bonds is 4. The lowest BCUT2D eigenvalue weighted by Crippen LogP contribution is -2.30. The number of aromatic nitrogens is 3. The van der Waals surface area contributed by atoms with Crippen molar-refractivity contribution in [2.75, 3.05) is 7.05 Å². The van der Waals surface area contributed by atoms with Crippen molar-refractivity contribution < 1.29 is 4.79 Å². The van der Waals surface area contributed by atoms with Gasteiger partial charge in [-0.3, -0.25) is 4.79 Å². The van der Waals surface area contributed by atoms with Gasteiger partial charge in [-0.15, -0.1) is 16.4 Å². The zero-order valence-electron chi connectivity index (χ0n) is 13.6. The van der Waals surface area contributed by atoms with Crippen molar-refractivity contribution in [3.63, 3.8) is 0 Å². The molecule has 0 saturated carbocycles. The van der Waals surface area contributed by atoms with Crippen LogP contribution in [-0.4, -0.2) is 32.8 Å². The van der Waals surface area contributed by atoms with Crippen LogP contribution in [0.25, 0.3) is 5.69 Å². The molecule has 0 N–H and O–H groups in total. The van der Waals surface area contributed by atoms with Gasteiger partial charge in [-0.05, 0) is 43.5 Å². The van der Waals surface area contributed by atoms with E-state index in [4.69, 9.17) is 11.6 Å². The van der Waals surface area contributed by atoms with Crippen molar-refractivity contribution in [3.8, 4) is 5.69 Å². The van der Waals surface area contributed by atoms with E-state index < -0.39 is 0 Å². The van der Waals surface area contributed by atoms with E-state index in [0.717, 1.165) is 10.6 Å². The predicted octanol–water partition coefficient (Wildman–Crippen LogP) is 4.12. The van der Waals surface area contributed by atoms with E-state index >= 15 is 0 Å². The van der Waals surface area contributed by atoms with Crippen LogP contribution in [0.5, 0.6) is 0 Å². The largest absolute Gasteiger partial charge is 0.333 e. The van der Waals surface area contributed by atoms with Crippen molar-refractivity contribution in [2.24, 2.45) is 0 Å². The van der Waals surface area contributed by atoms with Crippen LogP contribution >= 0.6 is 22.9 Å². The van der Waals surface area contributed by atoms with Crippen molar-refractivity contribution >= 4 is 28.8 Å². The molecule has 3 aromatic rings. The molecular weight excluding hydrogens is 344 g/mol. The van der Waals surface area contributed by atoms with Crippen molar-refractivity contribution in [1.29, 1.82) is 0 Å². The van der Waals surface area contributed by atoms with Crippen LogP contribution in [0.4, 0.5) is 0 Å². The summed E-state index contributed by atoms with van der Waals surface area (Å²) in [4.78, 5) is 15.6. The van der Waals surface area contributed by atoms with Crippen molar-refractivity contribution in [2.45, 2.75) is 19.9 Å². The number of hydrogen-bond donors (Lipinski definition) is 0. The van der Waals surface area contributed by atoms with Gasteiger partial charge in [0.15, 0.2) is 5.69 Å². The molecule has 0 radical (unpaired) electrons. The average Bonchev–Trinajstić information content (AvgIpc) is 3.22. The number of hydrogen-bond acceptors (Lipinski definition) is 4. The minimum Gasteiger partial charge on any atom is -0.333 e. The molecule has 24 heavy (non-hydrogen) atoms. The van der Waals surface area contributed by atoms with Gasteiger partial charge in [-0.2, -0.15) is 0 Å².